The quantitative estimate of drug-likeness (QED) is 0.633. The molecule has 0 atom stereocenters. The van der Waals surface area contributed by atoms with Gasteiger partial charge in [0.2, 0.25) is 0 Å². The normalized spacial score (nSPS) is 18.9. The molecule has 11 heteroatoms. The van der Waals surface area contributed by atoms with E-state index in [9.17, 15) is 22.4 Å². The van der Waals surface area contributed by atoms with E-state index in [0.717, 1.165) is 6.07 Å². The smallest absolute Gasteiger partial charge is 0.272 e. The van der Waals surface area contributed by atoms with Crippen LogP contribution >= 0.6 is 0 Å². The molecule has 1 aromatic carbocycles. The fraction of sp³-hybridized carbons (Fsp3) is 0.478. The van der Waals surface area contributed by atoms with Crippen molar-refractivity contribution < 1.29 is 22.4 Å². The number of aromatic nitrogens is 2. The standard InChI is InChI=1S/C23H24FN5O4S/c1-28-20-17(19(27-28)21(30)26-12-15-3-2-14(11-25)10-18(15)24)6-9-29(22(20)31)13-23(7-8-23)34(32,33)16-4-5-16/h2-3,10,16H,4-9,12-13H2,1H3,(H,26,30). The number of fused-ring (bicyclic) bond motifs is 1. The largest absolute Gasteiger partial charge is 0.346 e. The zero-order valence-electron chi connectivity index (χ0n) is 18.7. The summed E-state index contributed by atoms with van der Waals surface area (Å²) < 4.78 is 40.4. The van der Waals surface area contributed by atoms with Gasteiger partial charge in [-0.05, 0) is 44.2 Å². The molecule has 178 valence electrons. The predicted octanol–water partition coefficient (Wildman–Crippen LogP) is 1.47. The molecule has 9 nitrogen and oxygen atoms in total. The van der Waals surface area contributed by atoms with Gasteiger partial charge in [0.25, 0.3) is 11.8 Å². The Kier molecular flexibility index (Phi) is 5.24. The highest BCUT2D eigenvalue weighted by molar-refractivity contribution is 7.94. The third-order valence-electron chi connectivity index (χ3n) is 6.96. The lowest BCUT2D eigenvalue weighted by Crippen LogP contribution is -2.46. The lowest BCUT2D eigenvalue weighted by atomic mass is 10.0. The second kappa shape index (κ2) is 7.91. The molecule has 2 saturated carbocycles. The summed E-state index contributed by atoms with van der Waals surface area (Å²) in [6.45, 7) is 0.391. The number of aryl methyl sites for hydroxylation is 1. The summed E-state index contributed by atoms with van der Waals surface area (Å²) in [7, 11) is -1.67. The number of hydrogen-bond donors (Lipinski definition) is 1. The average Bonchev–Trinajstić information content (AvgIpc) is 3.72. The first-order valence-corrected chi connectivity index (χ1v) is 12.8. The molecule has 0 spiro atoms. The minimum absolute atomic E-state index is 0.0939. The molecule has 5 rings (SSSR count). The molecule has 34 heavy (non-hydrogen) atoms. The number of nitriles is 1. The second-order valence-electron chi connectivity index (χ2n) is 9.30. The van der Waals surface area contributed by atoms with Gasteiger partial charge in [-0.1, -0.05) is 6.07 Å². The number of nitrogens with one attached hydrogen (secondary N) is 1. The number of sulfone groups is 1. The van der Waals surface area contributed by atoms with Crippen LogP contribution in [0.4, 0.5) is 4.39 Å². The Morgan fingerprint density at radius 3 is 2.71 bits per heavy atom. The highest BCUT2D eigenvalue weighted by atomic mass is 32.2. The van der Waals surface area contributed by atoms with Gasteiger partial charge in [0.15, 0.2) is 15.5 Å². The highest BCUT2D eigenvalue weighted by Gasteiger charge is 2.60. The summed E-state index contributed by atoms with van der Waals surface area (Å²) in [6.07, 6.45) is 2.94. The van der Waals surface area contributed by atoms with Gasteiger partial charge < -0.3 is 10.2 Å². The molecule has 2 fully saturated rings. The molecule has 1 aromatic heterocycles. The van der Waals surface area contributed by atoms with Gasteiger partial charge in [-0.15, -0.1) is 0 Å². The van der Waals surface area contributed by atoms with Crippen molar-refractivity contribution in [3.05, 3.63) is 52.1 Å². The van der Waals surface area contributed by atoms with Crippen LogP contribution in [0.25, 0.3) is 0 Å². The molecule has 2 amide bonds. The number of halogens is 1. The number of benzene rings is 1. The topological polar surface area (TPSA) is 125 Å². The second-order valence-corrected chi connectivity index (χ2v) is 11.9. The van der Waals surface area contributed by atoms with Crippen molar-refractivity contribution in [3.8, 4) is 6.07 Å². The number of carbonyl (C=O) groups excluding carboxylic acids is 2. The Bertz CT molecular complexity index is 1350. The van der Waals surface area contributed by atoms with Crippen LogP contribution in [0.2, 0.25) is 0 Å². The molecule has 0 bridgehead atoms. The Morgan fingerprint density at radius 1 is 1.35 bits per heavy atom. The molecule has 1 aliphatic heterocycles. The summed E-state index contributed by atoms with van der Waals surface area (Å²) in [5.41, 5.74) is 1.31. The van der Waals surface area contributed by atoms with Crippen LogP contribution in [0.15, 0.2) is 18.2 Å². The van der Waals surface area contributed by atoms with E-state index >= 15 is 0 Å². The molecule has 1 N–H and O–H groups in total. The van der Waals surface area contributed by atoms with E-state index in [1.165, 1.54) is 16.8 Å². The van der Waals surface area contributed by atoms with Crippen LogP contribution < -0.4 is 5.32 Å². The minimum Gasteiger partial charge on any atom is -0.346 e. The average molecular weight is 486 g/mol. The van der Waals surface area contributed by atoms with E-state index in [1.54, 1.807) is 11.9 Å². The zero-order valence-corrected chi connectivity index (χ0v) is 19.5. The third kappa shape index (κ3) is 3.66. The van der Waals surface area contributed by atoms with Gasteiger partial charge in [0.05, 0.1) is 21.6 Å². The Labute approximate surface area is 196 Å². The summed E-state index contributed by atoms with van der Waals surface area (Å²) in [5, 5.41) is 15.5. The molecule has 0 saturated heterocycles. The van der Waals surface area contributed by atoms with Crippen LogP contribution in [0, 0.1) is 17.1 Å². The van der Waals surface area contributed by atoms with E-state index in [1.807, 2.05) is 6.07 Å². The van der Waals surface area contributed by atoms with Gasteiger partial charge in [0.1, 0.15) is 11.5 Å². The first-order valence-electron chi connectivity index (χ1n) is 11.2. The van der Waals surface area contributed by atoms with Crippen molar-refractivity contribution in [3.63, 3.8) is 0 Å². The third-order valence-corrected chi connectivity index (χ3v) is 10.1. The van der Waals surface area contributed by atoms with Crippen molar-refractivity contribution in [2.75, 3.05) is 13.1 Å². The van der Waals surface area contributed by atoms with Crippen molar-refractivity contribution in [2.45, 2.75) is 48.6 Å². The first kappa shape index (κ1) is 22.5. The maximum absolute atomic E-state index is 14.1. The van der Waals surface area contributed by atoms with Crippen LogP contribution in [0.5, 0.6) is 0 Å². The lowest BCUT2D eigenvalue weighted by Gasteiger charge is -2.31. The maximum atomic E-state index is 14.1. The van der Waals surface area contributed by atoms with Crippen molar-refractivity contribution in [1.82, 2.24) is 20.0 Å². The minimum atomic E-state index is -3.24. The fourth-order valence-corrected chi connectivity index (χ4v) is 7.15. The van der Waals surface area contributed by atoms with Gasteiger partial charge in [-0.2, -0.15) is 10.4 Å². The van der Waals surface area contributed by atoms with E-state index in [4.69, 9.17) is 5.26 Å². The predicted molar refractivity (Wildman–Crippen MR) is 119 cm³/mol. The Morgan fingerprint density at radius 2 is 2.09 bits per heavy atom. The molecule has 2 heterocycles. The fourth-order valence-electron chi connectivity index (χ4n) is 4.67. The Hall–Kier alpha value is -3.26. The SMILES string of the molecule is Cn1nc(C(=O)NCc2ccc(C#N)cc2F)c2c1C(=O)N(CC1(S(=O)(=O)C3CC3)CC1)CC2. The summed E-state index contributed by atoms with van der Waals surface area (Å²) in [6, 6.07) is 5.87. The maximum Gasteiger partial charge on any atom is 0.272 e. The summed E-state index contributed by atoms with van der Waals surface area (Å²) in [5.74, 6) is -1.45. The van der Waals surface area contributed by atoms with E-state index < -0.39 is 26.3 Å². The zero-order chi connectivity index (χ0) is 24.3. The molecule has 0 unspecified atom stereocenters. The molecular weight excluding hydrogens is 461 g/mol. The van der Waals surface area contributed by atoms with Crippen LogP contribution in [-0.2, 0) is 29.9 Å². The highest BCUT2D eigenvalue weighted by Crippen LogP contribution is 2.50. The van der Waals surface area contributed by atoms with E-state index in [2.05, 4.69) is 10.4 Å². The summed E-state index contributed by atoms with van der Waals surface area (Å²) in [4.78, 5) is 27.6. The van der Waals surface area contributed by atoms with Gasteiger partial charge >= 0.3 is 0 Å². The van der Waals surface area contributed by atoms with Crippen LogP contribution in [-0.4, -0.2) is 58.0 Å². The molecule has 2 aromatic rings. The monoisotopic (exact) mass is 485 g/mol. The van der Waals surface area contributed by atoms with Crippen LogP contribution in [0.3, 0.4) is 0 Å². The number of rotatable bonds is 7. The Balaban J connectivity index is 1.31. The van der Waals surface area contributed by atoms with Gasteiger partial charge in [0, 0.05) is 37.8 Å². The van der Waals surface area contributed by atoms with E-state index in [0.29, 0.717) is 44.2 Å². The summed E-state index contributed by atoms with van der Waals surface area (Å²) >= 11 is 0. The number of amides is 2. The molecular formula is C23H24FN5O4S. The molecule has 0 radical (unpaired) electrons. The number of hydrogen-bond acceptors (Lipinski definition) is 6. The molecule has 2 aliphatic carbocycles. The van der Waals surface area contributed by atoms with Gasteiger partial charge in [-0.25, -0.2) is 12.8 Å². The number of nitrogens with zero attached hydrogens (tertiary/aromatic N) is 4. The van der Waals surface area contributed by atoms with Crippen molar-refractivity contribution in [2.24, 2.45) is 7.05 Å². The van der Waals surface area contributed by atoms with Gasteiger partial charge in [-0.3, -0.25) is 14.3 Å². The molecule has 3 aliphatic rings. The van der Waals surface area contributed by atoms with Crippen molar-refractivity contribution >= 4 is 21.7 Å². The van der Waals surface area contributed by atoms with Crippen molar-refractivity contribution in [1.29, 1.82) is 5.26 Å². The van der Waals surface area contributed by atoms with Crippen LogP contribution in [0.1, 0.15) is 63.4 Å². The lowest BCUT2D eigenvalue weighted by molar-refractivity contribution is 0.0724. The number of carbonyl (C=O) groups is 2. The first-order chi connectivity index (χ1) is 16.2. The van der Waals surface area contributed by atoms with E-state index in [-0.39, 0.29) is 46.8 Å².